The summed E-state index contributed by atoms with van der Waals surface area (Å²) >= 11 is 0. The lowest BCUT2D eigenvalue weighted by Crippen LogP contribution is -2.31. The molecule has 7 heteroatoms. The van der Waals surface area contributed by atoms with E-state index in [-0.39, 0.29) is 4.90 Å². The van der Waals surface area contributed by atoms with Gasteiger partial charge in [0.1, 0.15) is 10.6 Å². The van der Waals surface area contributed by atoms with Crippen LogP contribution in [0.25, 0.3) is 11.3 Å². The van der Waals surface area contributed by atoms with Gasteiger partial charge in [-0.1, -0.05) is 30.3 Å². The summed E-state index contributed by atoms with van der Waals surface area (Å²) < 4.78 is 29.0. The number of likely N-dealkylation sites (N-methyl/N-ethyl adjacent to an activating group) is 1. The van der Waals surface area contributed by atoms with Crippen molar-refractivity contribution in [2.75, 3.05) is 27.2 Å². The molecule has 2 rings (SSSR count). The fourth-order valence-corrected chi connectivity index (χ4v) is 3.16. The lowest BCUT2D eigenvalue weighted by atomic mass is 10.2. The topological polar surface area (TPSA) is 67.2 Å². The van der Waals surface area contributed by atoms with Crippen LogP contribution in [0.3, 0.4) is 0 Å². The monoisotopic (exact) mass is 308 g/mol. The fraction of sp³-hybridized carbons (Fsp3) is 0.357. The molecular weight excluding hydrogens is 288 g/mol. The van der Waals surface area contributed by atoms with E-state index in [0.717, 1.165) is 5.56 Å². The first kappa shape index (κ1) is 15.7. The van der Waals surface area contributed by atoms with Crippen LogP contribution in [0.4, 0.5) is 0 Å². The minimum atomic E-state index is -3.57. The van der Waals surface area contributed by atoms with Gasteiger partial charge in [0.05, 0.1) is 0 Å². The molecule has 6 nitrogen and oxygen atoms in total. The molecule has 0 atom stereocenters. The first-order valence-electron chi connectivity index (χ1n) is 6.63. The van der Waals surface area contributed by atoms with Crippen LogP contribution in [-0.4, -0.2) is 50.3 Å². The van der Waals surface area contributed by atoms with Crippen LogP contribution in [0, 0.1) is 0 Å². The summed E-state index contributed by atoms with van der Waals surface area (Å²) in [7, 11) is 1.93. The molecule has 0 unspecified atom stereocenters. The van der Waals surface area contributed by atoms with Gasteiger partial charge in [-0.15, -0.1) is 0 Å². The van der Waals surface area contributed by atoms with E-state index < -0.39 is 10.0 Å². The van der Waals surface area contributed by atoms with Crippen LogP contribution in [-0.2, 0) is 17.1 Å². The van der Waals surface area contributed by atoms with Crippen molar-refractivity contribution in [2.24, 2.45) is 7.05 Å². The summed E-state index contributed by atoms with van der Waals surface area (Å²) in [4.78, 5) is 2.12. The van der Waals surface area contributed by atoms with Gasteiger partial charge in [-0.2, -0.15) is 5.10 Å². The fourth-order valence-electron chi connectivity index (χ4n) is 1.94. The van der Waals surface area contributed by atoms with Crippen LogP contribution in [0.5, 0.6) is 0 Å². The Morgan fingerprint density at radius 1 is 1.24 bits per heavy atom. The third kappa shape index (κ3) is 3.90. The van der Waals surface area contributed by atoms with Crippen molar-refractivity contribution in [1.29, 1.82) is 0 Å². The second-order valence-electron chi connectivity index (χ2n) is 5.08. The van der Waals surface area contributed by atoms with Crippen LogP contribution < -0.4 is 4.72 Å². The highest BCUT2D eigenvalue weighted by Crippen LogP contribution is 2.25. The Labute approximate surface area is 125 Å². The minimum Gasteiger partial charge on any atom is -0.308 e. The maximum atomic E-state index is 12.4. The highest BCUT2D eigenvalue weighted by atomic mass is 32.2. The Hall–Kier alpha value is -1.70. The number of aromatic nitrogens is 2. The number of sulfonamides is 1. The molecule has 1 heterocycles. The molecule has 1 aromatic heterocycles. The molecule has 0 spiro atoms. The number of hydrogen-bond donors (Lipinski definition) is 1. The summed E-state index contributed by atoms with van der Waals surface area (Å²) in [5.74, 6) is 0. The van der Waals surface area contributed by atoms with Gasteiger partial charge in [0.25, 0.3) is 0 Å². The summed E-state index contributed by atoms with van der Waals surface area (Å²) in [5.41, 5.74) is 1.25. The molecule has 0 saturated heterocycles. The van der Waals surface area contributed by atoms with Crippen molar-refractivity contribution >= 4 is 10.0 Å². The van der Waals surface area contributed by atoms with Crippen molar-refractivity contribution in [3.05, 3.63) is 36.5 Å². The molecule has 1 aromatic carbocycles. The normalized spacial score (nSPS) is 12.0. The Bertz CT molecular complexity index is 693. The number of benzene rings is 1. The molecule has 0 aliphatic rings. The van der Waals surface area contributed by atoms with Crippen molar-refractivity contribution in [3.63, 3.8) is 0 Å². The summed E-state index contributed by atoms with van der Waals surface area (Å²) in [6, 6.07) is 9.30. The highest BCUT2D eigenvalue weighted by molar-refractivity contribution is 7.89. The summed E-state index contributed by atoms with van der Waals surface area (Å²) in [6.07, 6.45) is 1.53. The van der Waals surface area contributed by atoms with Crippen molar-refractivity contribution < 1.29 is 8.42 Å². The van der Waals surface area contributed by atoms with Gasteiger partial charge in [0, 0.05) is 31.9 Å². The van der Waals surface area contributed by atoms with Gasteiger partial charge in [0.15, 0.2) is 0 Å². The number of rotatable bonds is 6. The predicted molar refractivity (Wildman–Crippen MR) is 82.4 cm³/mol. The van der Waals surface area contributed by atoms with Gasteiger partial charge < -0.3 is 4.90 Å². The minimum absolute atomic E-state index is 0.204. The number of hydrogen-bond acceptors (Lipinski definition) is 4. The molecule has 1 N–H and O–H groups in total. The van der Waals surface area contributed by atoms with E-state index in [9.17, 15) is 8.42 Å². The maximum Gasteiger partial charge on any atom is 0.244 e. The molecule has 0 fully saturated rings. The average molecular weight is 308 g/mol. The van der Waals surface area contributed by atoms with E-state index in [1.54, 1.807) is 7.05 Å². The second-order valence-corrected chi connectivity index (χ2v) is 6.82. The molecule has 0 radical (unpaired) electrons. The second kappa shape index (κ2) is 6.38. The molecular formula is C14H20N4O2S. The first-order valence-corrected chi connectivity index (χ1v) is 8.12. The van der Waals surface area contributed by atoms with Crippen LogP contribution in [0.2, 0.25) is 0 Å². The molecule has 0 amide bonds. The maximum absolute atomic E-state index is 12.4. The quantitative estimate of drug-likeness (QED) is 0.862. The Morgan fingerprint density at radius 3 is 2.52 bits per heavy atom. The van der Waals surface area contributed by atoms with Crippen LogP contribution >= 0.6 is 0 Å². The lowest BCUT2D eigenvalue weighted by Gasteiger charge is -2.10. The van der Waals surface area contributed by atoms with E-state index in [2.05, 4.69) is 9.82 Å². The average Bonchev–Trinajstić information content (AvgIpc) is 2.82. The molecule has 0 aliphatic heterocycles. The van der Waals surface area contributed by atoms with Crippen molar-refractivity contribution in [2.45, 2.75) is 4.90 Å². The smallest absolute Gasteiger partial charge is 0.244 e. The molecule has 0 aliphatic carbocycles. The Kier molecular flexibility index (Phi) is 4.76. The number of aryl methyl sites for hydroxylation is 1. The van der Waals surface area contributed by atoms with Crippen LogP contribution in [0.1, 0.15) is 0 Å². The standard InChI is InChI=1S/C14H20N4O2S/c1-17(2)10-9-15-21(19,20)13-11-18(3)16-14(13)12-7-5-4-6-8-12/h4-8,11,15H,9-10H2,1-3H3. The van der Waals surface area contributed by atoms with E-state index in [4.69, 9.17) is 0 Å². The molecule has 0 saturated carbocycles. The summed E-state index contributed by atoms with van der Waals surface area (Å²) in [6.45, 7) is 0.999. The van der Waals surface area contributed by atoms with Gasteiger partial charge >= 0.3 is 0 Å². The molecule has 2 aromatic rings. The van der Waals surface area contributed by atoms with E-state index >= 15 is 0 Å². The lowest BCUT2D eigenvalue weighted by molar-refractivity contribution is 0.412. The Morgan fingerprint density at radius 2 is 1.90 bits per heavy atom. The van der Waals surface area contributed by atoms with Gasteiger partial charge in [-0.05, 0) is 14.1 Å². The molecule has 0 bridgehead atoms. The zero-order chi connectivity index (χ0) is 15.5. The predicted octanol–water partition coefficient (Wildman–Crippen LogP) is 0.927. The van der Waals surface area contributed by atoms with Crippen molar-refractivity contribution in [1.82, 2.24) is 19.4 Å². The highest BCUT2D eigenvalue weighted by Gasteiger charge is 2.22. The van der Waals surface area contributed by atoms with E-state index in [0.29, 0.717) is 18.8 Å². The Balaban J connectivity index is 2.31. The van der Waals surface area contributed by atoms with Crippen molar-refractivity contribution in [3.8, 4) is 11.3 Å². The van der Waals surface area contributed by atoms with Crippen LogP contribution in [0.15, 0.2) is 41.4 Å². The number of nitrogens with one attached hydrogen (secondary N) is 1. The van der Waals surface area contributed by atoms with Gasteiger partial charge in [-0.3, -0.25) is 4.68 Å². The zero-order valence-corrected chi connectivity index (χ0v) is 13.3. The van der Waals surface area contributed by atoms with E-state index in [1.807, 2.05) is 49.3 Å². The van der Waals surface area contributed by atoms with E-state index in [1.165, 1.54) is 10.9 Å². The summed E-state index contributed by atoms with van der Waals surface area (Å²) in [5, 5.41) is 4.28. The third-order valence-electron chi connectivity index (χ3n) is 2.98. The molecule has 114 valence electrons. The third-order valence-corrected chi connectivity index (χ3v) is 4.45. The molecule has 21 heavy (non-hydrogen) atoms. The zero-order valence-electron chi connectivity index (χ0n) is 12.4. The first-order chi connectivity index (χ1) is 9.90. The van der Waals surface area contributed by atoms with Gasteiger partial charge in [-0.25, -0.2) is 13.1 Å². The number of nitrogens with zero attached hydrogens (tertiary/aromatic N) is 3. The largest absolute Gasteiger partial charge is 0.308 e. The SMILES string of the molecule is CN(C)CCNS(=O)(=O)c1cn(C)nc1-c1ccccc1. The van der Waals surface area contributed by atoms with Gasteiger partial charge in [0.2, 0.25) is 10.0 Å².